The van der Waals surface area contributed by atoms with Gasteiger partial charge in [-0.15, -0.1) is 11.3 Å². The highest BCUT2D eigenvalue weighted by atomic mass is 32.2. The topological polar surface area (TPSA) is 82.1 Å². The van der Waals surface area contributed by atoms with E-state index < -0.39 is 21.8 Å². The molecule has 0 saturated carbocycles. The van der Waals surface area contributed by atoms with Gasteiger partial charge in [0.15, 0.2) is 18.2 Å². The van der Waals surface area contributed by atoms with Crippen molar-refractivity contribution in [2.45, 2.75) is 4.21 Å². The predicted molar refractivity (Wildman–Crippen MR) is 115 cm³/mol. The van der Waals surface area contributed by atoms with E-state index in [4.69, 9.17) is 14.2 Å². The zero-order chi connectivity index (χ0) is 22.3. The fourth-order valence-electron chi connectivity index (χ4n) is 2.49. The molecule has 0 unspecified atom stereocenters. The molecule has 0 bridgehead atoms. The summed E-state index contributed by atoms with van der Waals surface area (Å²) in [5.74, 6) is -0.640. The summed E-state index contributed by atoms with van der Waals surface area (Å²) in [6.45, 7) is -0.379. The number of thiophene rings is 1. The molecule has 7 nitrogen and oxygen atoms in total. The average molecular weight is 466 g/mol. The van der Waals surface area contributed by atoms with E-state index in [1.54, 1.807) is 53.9 Å². The van der Waals surface area contributed by atoms with Crippen LogP contribution in [0.5, 0.6) is 11.5 Å². The van der Waals surface area contributed by atoms with Crippen LogP contribution in [0.4, 0.5) is 10.1 Å². The second-order valence-corrected chi connectivity index (χ2v) is 9.33. The molecule has 1 aromatic heterocycles. The van der Waals surface area contributed by atoms with Crippen LogP contribution in [-0.4, -0.2) is 41.3 Å². The number of esters is 1. The van der Waals surface area contributed by atoms with Crippen molar-refractivity contribution >= 4 is 33.0 Å². The Morgan fingerprint density at radius 1 is 1.00 bits per heavy atom. The maximum Gasteiger partial charge on any atom is 0.344 e. The Bertz CT molecular complexity index is 1100. The summed E-state index contributed by atoms with van der Waals surface area (Å²) in [6, 6.07) is 15.4. The Kier molecular flexibility index (Phi) is 7.48. The molecular formula is C21H20FNO6S2. The molecule has 31 heavy (non-hydrogen) atoms. The van der Waals surface area contributed by atoms with Gasteiger partial charge in [0.25, 0.3) is 10.0 Å². The average Bonchev–Trinajstić information content (AvgIpc) is 3.32. The van der Waals surface area contributed by atoms with Crippen LogP contribution >= 0.6 is 11.3 Å². The molecule has 0 N–H and O–H groups in total. The van der Waals surface area contributed by atoms with E-state index in [1.807, 2.05) is 0 Å². The zero-order valence-corrected chi connectivity index (χ0v) is 18.2. The van der Waals surface area contributed by atoms with Crippen molar-refractivity contribution in [2.75, 3.05) is 31.2 Å². The maximum absolute atomic E-state index is 13.4. The van der Waals surface area contributed by atoms with Gasteiger partial charge in [0, 0.05) is 7.05 Å². The highest BCUT2D eigenvalue weighted by Crippen LogP contribution is 2.26. The first-order valence-electron chi connectivity index (χ1n) is 9.16. The molecule has 0 atom stereocenters. The first kappa shape index (κ1) is 22.6. The standard InChI is InChI=1S/C21H20FNO6S2/c1-23(31(25,26)21-7-4-14-30-21)16-8-10-17(11-9-16)29-15-20(24)28-13-12-27-19-6-3-2-5-18(19)22/h2-11,14H,12-13,15H2,1H3. The van der Waals surface area contributed by atoms with Crippen molar-refractivity contribution in [3.63, 3.8) is 0 Å². The number of para-hydroxylation sites is 1. The summed E-state index contributed by atoms with van der Waals surface area (Å²) in [7, 11) is -2.16. The fourth-order valence-corrected chi connectivity index (χ4v) is 4.85. The Morgan fingerprint density at radius 3 is 2.42 bits per heavy atom. The maximum atomic E-state index is 13.4. The summed E-state index contributed by atoms with van der Waals surface area (Å²) in [6.07, 6.45) is 0. The number of ether oxygens (including phenoxy) is 3. The van der Waals surface area contributed by atoms with Crippen LogP contribution < -0.4 is 13.8 Å². The molecule has 1 heterocycles. The van der Waals surface area contributed by atoms with Crippen molar-refractivity contribution in [1.82, 2.24) is 0 Å². The molecule has 2 aromatic carbocycles. The summed E-state index contributed by atoms with van der Waals surface area (Å²) in [5.41, 5.74) is 0.452. The third kappa shape index (κ3) is 5.96. The molecule has 0 aliphatic heterocycles. The Labute approximate surface area is 183 Å². The predicted octanol–water partition coefficient (Wildman–Crippen LogP) is 3.71. The molecule has 0 amide bonds. The molecular weight excluding hydrogens is 445 g/mol. The van der Waals surface area contributed by atoms with Crippen LogP contribution in [-0.2, 0) is 19.6 Å². The summed E-state index contributed by atoms with van der Waals surface area (Å²) < 4.78 is 55.4. The lowest BCUT2D eigenvalue weighted by Gasteiger charge is -2.18. The van der Waals surface area contributed by atoms with Crippen LogP contribution in [0.25, 0.3) is 0 Å². The molecule has 3 rings (SSSR count). The third-order valence-corrected chi connectivity index (χ3v) is 7.27. The molecule has 0 spiro atoms. The molecule has 0 fully saturated rings. The number of anilines is 1. The van der Waals surface area contributed by atoms with Crippen molar-refractivity contribution in [2.24, 2.45) is 0 Å². The van der Waals surface area contributed by atoms with Gasteiger partial charge < -0.3 is 14.2 Å². The summed E-state index contributed by atoms with van der Waals surface area (Å²) in [4.78, 5) is 11.8. The number of sulfonamides is 1. The van der Waals surface area contributed by atoms with Crippen LogP contribution in [0.3, 0.4) is 0 Å². The van der Waals surface area contributed by atoms with Gasteiger partial charge >= 0.3 is 5.97 Å². The number of hydrogen-bond acceptors (Lipinski definition) is 7. The minimum absolute atomic E-state index is 0.00637. The lowest BCUT2D eigenvalue weighted by molar-refractivity contribution is -0.146. The fraction of sp³-hybridized carbons (Fsp3) is 0.190. The molecule has 0 aliphatic rings. The molecule has 3 aromatic rings. The highest BCUT2D eigenvalue weighted by Gasteiger charge is 2.22. The second-order valence-electron chi connectivity index (χ2n) is 6.19. The molecule has 164 valence electrons. The molecule has 10 heteroatoms. The van der Waals surface area contributed by atoms with Gasteiger partial charge in [0.2, 0.25) is 0 Å². The number of rotatable bonds is 10. The van der Waals surface area contributed by atoms with Gasteiger partial charge in [0.1, 0.15) is 23.2 Å². The Balaban J connectivity index is 1.43. The van der Waals surface area contributed by atoms with E-state index >= 15 is 0 Å². The summed E-state index contributed by atoms with van der Waals surface area (Å²) in [5, 5.41) is 1.70. The van der Waals surface area contributed by atoms with E-state index in [2.05, 4.69) is 0 Å². The lowest BCUT2D eigenvalue weighted by Crippen LogP contribution is -2.25. The first-order chi connectivity index (χ1) is 14.9. The number of hydrogen-bond donors (Lipinski definition) is 0. The van der Waals surface area contributed by atoms with Crippen molar-refractivity contribution in [3.05, 3.63) is 71.9 Å². The minimum Gasteiger partial charge on any atom is -0.487 e. The smallest absolute Gasteiger partial charge is 0.344 e. The molecule has 0 radical (unpaired) electrons. The SMILES string of the molecule is CN(c1ccc(OCC(=O)OCCOc2ccccc2F)cc1)S(=O)(=O)c1cccs1. The quantitative estimate of drug-likeness (QED) is 0.335. The Morgan fingerprint density at radius 2 is 1.74 bits per heavy atom. The van der Waals surface area contributed by atoms with Crippen LogP contribution in [0.2, 0.25) is 0 Å². The number of carbonyl (C=O) groups excluding carboxylic acids is 1. The van der Waals surface area contributed by atoms with E-state index in [0.717, 1.165) is 11.3 Å². The lowest BCUT2D eigenvalue weighted by atomic mass is 10.3. The number of nitrogens with zero attached hydrogens (tertiary/aromatic N) is 1. The molecule has 0 aliphatic carbocycles. The Hall–Kier alpha value is -3.11. The van der Waals surface area contributed by atoms with Gasteiger partial charge in [-0.2, -0.15) is 0 Å². The van der Waals surface area contributed by atoms with E-state index in [9.17, 15) is 17.6 Å². The van der Waals surface area contributed by atoms with Crippen LogP contribution in [0.1, 0.15) is 0 Å². The first-order valence-corrected chi connectivity index (χ1v) is 11.5. The van der Waals surface area contributed by atoms with Gasteiger partial charge in [-0.3, -0.25) is 4.31 Å². The van der Waals surface area contributed by atoms with Crippen molar-refractivity contribution in [3.8, 4) is 11.5 Å². The highest BCUT2D eigenvalue weighted by molar-refractivity contribution is 7.94. The van der Waals surface area contributed by atoms with E-state index in [1.165, 1.54) is 23.5 Å². The molecule has 0 saturated heterocycles. The number of benzene rings is 2. The minimum atomic E-state index is -3.62. The van der Waals surface area contributed by atoms with Crippen molar-refractivity contribution in [1.29, 1.82) is 0 Å². The summed E-state index contributed by atoms with van der Waals surface area (Å²) >= 11 is 1.14. The largest absolute Gasteiger partial charge is 0.487 e. The van der Waals surface area contributed by atoms with E-state index in [-0.39, 0.29) is 29.8 Å². The van der Waals surface area contributed by atoms with Gasteiger partial charge in [-0.05, 0) is 47.8 Å². The second kappa shape index (κ2) is 10.3. The zero-order valence-electron chi connectivity index (χ0n) is 16.6. The monoisotopic (exact) mass is 465 g/mol. The van der Waals surface area contributed by atoms with E-state index in [0.29, 0.717) is 11.4 Å². The van der Waals surface area contributed by atoms with Crippen LogP contribution in [0.15, 0.2) is 70.3 Å². The van der Waals surface area contributed by atoms with Gasteiger partial charge in [-0.25, -0.2) is 17.6 Å². The van der Waals surface area contributed by atoms with Gasteiger partial charge in [0.05, 0.1) is 5.69 Å². The number of halogens is 1. The normalized spacial score (nSPS) is 11.0. The van der Waals surface area contributed by atoms with Gasteiger partial charge in [-0.1, -0.05) is 18.2 Å². The van der Waals surface area contributed by atoms with Crippen LogP contribution in [0, 0.1) is 5.82 Å². The van der Waals surface area contributed by atoms with Crippen molar-refractivity contribution < 1.29 is 31.8 Å². The number of carbonyl (C=O) groups is 1. The third-order valence-electron chi connectivity index (χ3n) is 4.11.